The van der Waals surface area contributed by atoms with Crippen molar-refractivity contribution in [3.8, 4) is 5.69 Å². The van der Waals surface area contributed by atoms with E-state index in [0.29, 0.717) is 11.3 Å². The summed E-state index contributed by atoms with van der Waals surface area (Å²) in [6.45, 7) is -0.499. The van der Waals surface area contributed by atoms with E-state index < -0.39 is 36.8 Å². The van der Waals surface area contributed by atoms with Crippen LogP contribution in [-0.4, -0.2) is 64.8 Å². The minimum absolute atomic E-state index is 0.0206. The van der Waals surface area contributed by atoms with Crippen LogP contribution in [0.15, 0.2) is 47.5 Å². The summed E-state index contributed by atoms with van der Waals surface area (Å²) in [4.78, 5) is 16.1. The number of para-hydroxylation sites is 1. The lowest BCUT2D eigenvalue weighted by Crippen LogP contribution is -2.36. The summed E-state index contributed by atoms with van der Waals surface area (Å²) in [6.07, 6.45) is -1.55. The first-order valence-corrected chi connectivity index (χ1v) is 8.94. The fourth-order valence-electron chi connectivity index (χ4n) is 3.23. The van der Waals surface area contributed by atoms with Crippen LogP contribution < -0.4 is 11.4 Å². The largest absolute Gasteiger partial charge is 0.394 e. The van der Waals surface area contributed by atoms with Crippen molar-refractivity contribution in [3.05, 3.63) is 64.5 Å². The molecule has 0 bridgehead atoms. The van der Waals surface area contributed by atoms with Gasteiger partial charge in [-0.3, -0.25) is 4.57 Å². The van der Waals surface area contributed by atoms with Crippen molar-refractivity contribution in [3.63, 3.8) is 0 Å². The smallest absolute Gasteiger partial charge is 0.351 e. The van der Waals surface area contributed by atoms with Crippen LogP contribution in [0.4, 0.5) is 5.82 Å². The van der Waals surface area contributed by atoms with Gasteiger partial charge in [-0.05, 0) is 12.1 Å². The quantitative estimate of drug-likeness (QED) is 0.404. The first-order valence-electron chi connectivity index (χ1n) is 8.94. The number of aliphatic hydroxyl groups is 3. The molecule has 1 aliphatic rings. The number of aromatic nitrogens is 5. The van der Waals surface area contributed by atoms with Crippen molar-refractivity contribution in [1.82, 2.24) is 24.5 Å². The number of nitrogens with zero attached hydrogens (tertiary/aromatic N) is 5. The van der Waals surface area contributed by atoms with E-state index in [4.69, 9.17) is 10.5 Å². The van der Waals surface area contributed by atoms with Crippen molar-refractivity contribution in [2.24, 2.45) is 0 Å². The van der Waals surface area contributed by atoms with Gasteiger partial charge in [0.15, 0.2) is 6.23 Å². The zero-order valence-corrected chi connectivity index (χ0v) is 15.2. The lowest BCUT2D eigenvalue weighted by molar-refractivity contribution is -0.0550. The summed E-state index contributed by atoms with van der Waals surface area (Å²) < 4.78 is 8.07. The van der Waals surface area contributed by atoms with Crippen molar-refractivity contribution < 1.29 is 20.1 Å². The maximum absolute atomic E-state index is 12.3. The van der Waals surface area contributed by atoms with Crippen molar-refractivity contribution in [1.29, 1.82) is 0 Å². The topological polar surface area (TPSA) is 162 Å². The summed E-state index contributed by atoms with van der Waals surface area (Å²) in [5.74, 6) is 0.0206. The first kappa shape index (κ1) is 19.2. The van der Waals surface area contributed by atoms with E-state index in [2.05, 4.69) is 15.3 Å². The molecule has 1 fully saturated rings. The van der Waals surface area contributed by atoms with Crippen LogP contribution >= 0.6 is 0 Å². The number of anilines is 1. The van der Waals surface area contributed by atoms with Gasteiger partial charge < -0.3 is 25.8 Å². The fraction of sp³-hybridized carbons (Fsp3) is 0.333. The summed E-state index contributed by atoms with van der Waals surface area (Å²) in [6, 6.07) is 9.44. The molecule has 3 heterocycles. The predicted molar refractivity (Wildman–Crippen MR) is 100 cm³/mol. The van der Waals surface area contributed by atoms with Gasteiger partial charge in [-0.1, -0.05) is 23.4 Å². The lowest BCUT2D eigenvalue weighted by Gasteiger charge is -2.18. The standard InChI is InChI=1S/C18H20N6O5/c19-16-10(6-11-8-24(22-21-11)12-4-2-1-3-5-12)7-23(18(28)20-16)17-15(27)14(26)13(9-25)29-17/h1-5,7-8,13-15,17,25-27H,6,9H2,(H2,19,20,28)/t13-,14?,15+,17-/m1/s1. The highest BCUT2D eigenvalue weighted by molar-refractivity contribution is 5.39. The van der Waals surface area contributed by atoms with Crippen LogP contribution in [0.5, 0.6) is 0 Å². The maximum atomic E-state index is 12.3. The Balaban J connectivity index is 1.62. The zero-order valence-electron chi connectivity index (χ0n) is 15.2. The number of hydrogen-bond acceptors (Lipinski definition) is 9. The Bertz CT molecular complexity index is 1050. The molecular weight excluding hydrogens is 380 g/mol. The number of nitrogen functional groups attached to an aromatic ring is 1. The Morgan fingerprint density at radius 1 is 1.14 bits per heavy atom. The van der Waals surface area contributed by atoms with E-state index in [-0.39, 0.29) is 12.2 Å². The molecule has 11 heteroatoms. The van der Waals surface area contributed by atoms with Gasteiger partial charge in [0.25, 0.3) is 0 Å². The molecule has 1 aromatic carbocycles. The Hall–Kier alpha value is -3.12. The van der Waals surface area contributed by atoms with Crippen LogP contribution in [0.2, 0.25) is 0 Å². The van der Waals surface area contributed by atoms with Gasteiger partial charge in [0.05, 0.1) is 24.2 Å². The second kappa shape index (κ2) is 7.72. The second-order valence-corrected chi connectivity index (χ2v) is 6.74. The predicted octanol–water partition coefficient (Wildman–Crippen LogP) is -1.39. The molecule has 11 nitrogen and oxygen atoms in total. The van der Waals surface area contributed by atoms with Crippen molar-refractivity contribution in [2.45, 2.75) is 31.0 Å². The molecule has 4 atom stereocenters. The first-order chi connectivity index (χ1) is 14.0. The summed E-state index contributed by atoms with van der Waals surface area (Å²) in [5, 5.41) is 37.6. The average molecular weight is 400 g/mol. The fourth-order valence-corrected chi connectivity index (χ4v) is 3.23. The highest BCUT2D eigenvalue weighted by Gasteiger charge is 2.43. The normalized spacial score (nSPS) is 24.1. The molecule has 1 unspecified atom stereocenters. The number of rotatable bonds is 5. The SMILES string of the molecule is Nc1nc(=O)n([C@@H]2O[C@H](CO)C(O)[C@@H]2O)cc1Cc1cn(-c2ccccc2)nn1. The molecular formula is C18H20N6O5. The Kier molecular flexibility index (Phi) is 5.11. The Labute approximate surface area is 164 Å². The second-order valence-electron chi connectivity index (χ2n) is 6.74. The molecule has 5 N–H and O–H groups in total. The van der Waals surface area contributed by atoms with E-state index in [1.165, 1.54) is 6.20 Å². The minimum Gasteiger partial charge on any atom is -0.394 e. The van der Waals surface area contributed by atoms with Crippen LogP contribution in [0.3, 0.4) is 0 Å². The summed E-state index contributed by atoms with van der Waals surface area (Å²) >= 11 is 0. The van der Waals surface area contributed by atoms with E-state index in [1.54, 1.807) is 10.9 Å². The zero-order chi connectivity index (χ0) is 20.5. The van der Waals surface area contributed by atoms with Crippen LogP contribution in [0, 0.1) is 0 Å². The average Bonchev–Trinajstić information content (AvgIpc) is 3.30. The van der Waals surface area contributed by atoms with Crippen molar-refractivity contribution in [2.75, 3.05) is 12.3 Å². The van der Waals surface area contributed by atoms with Gasteiger partial charge in [-0.2, -0.15) is 4.98 Å². The molecule has 4 rings (SSSR count). The number of nitrogens with two attached hydrogens (primary N) is 1. The number of ether oxygens (including phenoxy) is 1. The van der Waals surface area contributed by atoms with Gasteiger partial charge in [-0.15, -0.1) is 5.10 Å². The highest BCUT2D eigenvalue weighted by atomic mass is 16.6. The van der Waals surface area contributed by atoms with E-state index in [1.807, 2.05) is 30.3 Å². The molecule has 0 aliphatic carbocycles. The van der Waals surface area contributed by atoms with Crippen LogP contribution in [0.1, 0.15) is 17.5 Å². The Morgan fingerprint density at radius 2 is 1.90 bits per heavy atom. The summed E-state index contributed by atoms with van der Waals surface area (Å²) in [7, 11) is 0. The van der Waals surface area contributed by atoms with Crippen LogP contribution in [-0.2, 0) is 11.2 Å². The molecule has 0 saturated carbocycles. The number of benzene rings is 1. The van der Waals surface area contributed by atoms with Crippen LogP contribution in [0.25, 0.3) is 5.69 Å². The monoisotopic (exact) mass is 400 g/mol. The van der Waals surface area contributed by atoms with E-state index >= 15 is 0 Å². The van der Waals surface area contributed by atoms with E-state index in [0.717, 1.165) is 10.3 Å². The van der Waals surface area contributed by atoms with E-state index in [9.17, 15) is 20.1 Å². The van der Waals surface area contributed by atoms with Gasteiger partial charge in [-0.25, -0.2) is 9.48 Å². The third kappa shape index (κ3) is 3.63. The maximum Gasteiger partial charge on any atom is 0.351 e. The Morgan fingerprint density at radius 3 is 2.59 bits per heavy atom. The molecule has 1 aliphatic heterocycles. The van der Waals surface area contributed by atoms with Crippen molar-refractivity contribution >= 4 is 5.82 Å². The van der Waals surface area contributed by atoms with Gasteiger partial charge in [0.2, 0.25) is 0 Å². The third-order valence-corrected chi connectivity index (χ3v) is 4.79. The number of aliphatic hydroxyl groups excluding tert-OH is 3. The molecule has 0 spiro atoms. The van der Waals surface area contributed by atoms with Gasteiger partial charge in [0.1, 0.15) is 24.1 Å². The molecule has 29 heavy (non-hydrogen) atoms. The molecule has 0 radical (unpaired) electrons. The minimum atomic E-state index is -1.40. The summed E-state index contributed by atoms with van der Waals surface area (Å²) in [5.41, 5.74) is 7.06. The molecule has 2 aromatic heterocycles. The highest BCUT2D eigenvalue weighted by Crippen LogP contribution is 2.28. The number of hydrogen-bond donors (Lipinski definition) is 4. The van der Waals surface area contributed by atoms with Gasteiger partial charge in [0, 0.05) is 18.2 Å². The molecule has 0 amide bonds. The molecule has 1 saturated heterocycles. The van der Waals surface area contributed by atoms with Gasteiger partial charge >= 0.3 is 5.69 Å². The third-order valence-electron chi connectivity index (χ3n) is 4.79. The lowest BCUT2D eigenvalue weighted by atomic mass is 10.1. The molecule has 152 valence electrons. The molecule has 3 aromatic rings.